The van der Waals surface area contributed by atoms with Crippen LogP contribution in [0.1, 0.15) is 16.7 Å². The summed E-state index contributed by atoms with van der Waals surface area (Å²) < 4.78 is 16.8. The molecule has 0 aliphatic rings. The van der Waals surface area contributed by atoms with Crippen molar-refractivity contribution >= 4 is 34.9 Å². The Labute approximate surface area is 180 Å². The standard InChI is InChI=1S/C21H18ClFN6O2/c1-12-6-8-13(9-7-12)11-29-17-18(28(2)21(31)26-19(17)30)25-20(29)27-24-10-14-15(22)4-3-5-16(14)23/h3-10H,11H2,1-2H3,(H,25,27)(H,26,30,31)/b24-10+. The molecule has 0 radical (unpaired) electrons. The molecular formula is C21H18ClFN6O2. The number of halogens is 2. The van der Waals surface area contributed by atoms with Crippen molar-refractivity contribution in [2.24, 2.45) is 12.1 Å². The summed E-state index contributed by atoms with van der Waals surface area (Å²) in [5.74, 6) is -0.309. The fraction of sp³-hybridized carbons (Fsp3) is 0.143. The number of imidazole rings is 1. The lowest BCUT2D eigenvalue weighted by Gasteiger charge is -2.09. The van der Waals surface area contributed by atoms with Gasteiger partial charge in [-0.3, -0.25) is 18.9 Å². The van der Waals surface area contributed by atoms with Gasteiger partial charge in [-0.2, -0.15) is 10.1 Å². The molecule has 4 aromatic rings. The fourth-order valence-corrected chi connectivity index (χ4v) is 3.35. The van der Waals surface area contributed by atoms with E-state index in [1.165, 1.54) is 30.0 Å². The summed E-state index contributed by atoms with van der Waals surface area (Å²) in [6, 6.07) is 12.1. The van der Waals surface area contributed by atoms with Crippen molar-refractivity contribution in [2.75, 3.05) is 5.43 Å². The molecule has 2 heterocycles. The Hall–Kier alpha value is -3.72. The molecule has 8 nitrogen and oxygen atoms in total. The van der Waals surface area contributed by atoms with Crippen LogP contribution in [-0.2, 0) is 13.6 Å². The van der Waals surface area contributed by atoms with Crippen LogP contribution in [0.3, 0.4) is 0 Å². The lowest BCUT2D eigenvalue weighted by atomic mass is 10.1. The molecule has 0 saturated carbocycles. The van der Waals surface area contributed by atoms with E-state index in [9.17, 15) is 14.0 Å². The minimum Gasteiger partial charge on any atom is -0.298 e. The van der Waals surface area contributed by atoms with Crippen LogP contribution in [0, 0.1) is 12.7 Å². The zero-order valence-corrected chi connectivity index (χ0v) is 17.4. The number of nitrogens with one attached hydrogen (secondary N) is 2. The number of hydrogen-bond donors (Lipinski definition) is 2. The average Bonchev–Trinajstić information content (AvgIpc) is 3.09. The second kappa shape index (κ2) is 8.19. The van der Waals surface area contributed by atoms with E-state index in [-0.39, 0.29) is 27.7 Å². The third-order valence-corrected chi connectivity index (χ3v) is 5.16. The highest BCUT2D eigenvalue weighted by atomic mass is 35.5. The van der Waals surface area contributed by atoms with Crippen molar-refractivity contribution in [3.05, 3.63) is 90.8 Å². The fourth-order valence-electron chi connectivity index (χ4n) is 3.14. The molecule has 0 spiro atoms. The second-order valence-corrected chi connectivity index (χ2v) is 7.41. The van der Waals surface area contributed by atoms with Gasteiger partial charge in [0.2, 0.25) is 5.95 Å². The Bertz CT molecular complexity index is 1400. The largest absolute Gasteiger partial charge is 0.329 e. The number of rotatable bonds is 5. The van der Waals surface area contributed by atoms with E-state index in [1.807, 2.05) is 31.2 Å². The van der Waals surface area contributed by atoms with Crippen LogP contribution >= 0.6 is 11.6 Å². The summed E-state index contributed by atoms with van der Waals surface area (Å²) in [6.45, 7) is 2.28. The first-order valence-electron chi connectivity index (χ1n) is 9.33. The molecule has 4 rings (SSSR count). The van der Waals surface area contributed by atoms with Crippen molar-refractivity contribution in [3.63, 3.8) is 0 Å². The van der Waals surface area contributed by atoms with E-state index in [0.29, 0.717) is 6.54 Å². The molecule has 10 heteroatoms. The normalized spacial score (nSPS) is 11.5. The van der Waals surface area contributed by atoms with Gasteiger partial charge in [-0.05, 0) is 24.6 Å². The second-order valence-electron chi connectivity index (χ2n) is 7.00. The van der Waals surface area contributed by atoms with E-state index in [2.05, 4.69) is 20.5 Å². The number of hydrazone groups is 1. The summed E-state index contributed by atoms with van der Waals surface area (Å²) in [5, 5.41) is 4.25. The summed E-state index contributed by atoms with van der Waals surface area (Å²) in [4.78, 5) is 31.2. The molecule has 0 fully saturated rings. The molecule has 31 heavy (non-hydrogen) atoms. The van der Waals surface area contributed by atoms with E-state index in [0.717, 1.165) is 11.1 Å². The maximum Gasteiger partial charge on any atom is 0.329 e. The third-order valence-electron chi connectivity index (χ3n) is 4.83. The SMILES string of the molecule is Cc1ccc(Cn2c(N/N=C/c3c(F)cccc3Cl)nc3c2c(=O)[nH]c(=O)n3C)cc1. The Morgan fingerprint density at radius 3 is 2.68 bits per heavy atom. The highest BCUT2D eigenvalue weighted by molar-refractivity contribution is 6.33. The van der Waals surface area contributed by atoms with E-state index < -0.39 is 17.1 Å². The van der Waals surface area contributed by atoms with Gasteiger partial charge in [0.05, 0.1) is 17.8 Å². The number of fused-ring (bicyclic) bond motifs is 1. The van der Waals surface area contributed by atoms with Crippen molar-refractivity contribution < 1.29 is 4.39 Å². The first-order valence-corrected chi connectivity index (χ1v) is 9.71. The van der Waals surface area contributed by atoms with Gasteiger partial charge >= 0.3 is 5.69 Å². The predicted octanol–water partition coefficient (Wildman–Crippen LogP) is 3.02. The summed E-state index contributed by atoms with van der Waals surface area (Å²) in [7, 11) is 1.51. The molecule has 0 aliphatic heterocycles. The Morgan fingerprint density at radius 2 is 1.97 bits per heavy atom. The summed E-state index contributed by atoms with van der Waals surface area (Å²) >= 11 is 6.02. The van der Waals surface area contributed by atoms with Gasteiger partial charge in [0, 0.05) is 12.6 Å². The molecule has 0 atom stereocenters. The maximum atomic E-state index is 14.0. The monoisotopic (exact) mass is 440 g/mol. The third kappa shape index (κ3) is 3.99. The van der Waals surface area contributed by atoms with Crippen molar-refractivity contribution in [2.45, 2.75) is 13.5 Å². The molecule has 2 N–H and O–H groups in total. The minimum absolute atomic E-state index is 0.114. The molecule has 0 aliphatic carbocycles. The number of aromatic nitrogens is 4. The first-order chi connectivity index (χ1) is 14.8. The molecular weight excluding hydrogens is 423 g/mol. The topological polar surface area (TPSA) is 97.1 Å². The highest BCUT2D eigenvalue weighted by Crippen LogP contribution is 2.19. The van der Waals surface area contributed by atoms with Gasteiger partial charge in [0.25, 0.3) is 5.56 Å². The number of anilines is 1. The van der Waals surface area contributed by atoms with Crippen LogP contribution < -0.4 is 16.7 Å². The highest BCUT2D eigenvalue weighted by Gasteiger charge is 2.17. The molecule has 2 aromatic heterocycles. The quantitative estimate of drug-likeness (QED) is 0.368. The van der Waals surface area contributed by atoms with Crippen molar-refractivity contribution in [1.82, 2.24) is 19.1 Å². The van der Waals surface area contributed by atoms with Crippen LogP contribution in [-0.4, -0.2) is 25.3 Å². The number of H-pyrrole nitrogens is 1. The van der Waals surface area contributed by atoms with E-state index >= 15 is 0 Å². The predicted molar refractivity (Wildman–Crippen MR) is 119 cm³/mol. The number of hydrogen-bond acceptors (Lipinski definition) is 5. The van der Waals surface area contributed by atoms with Gasteiger partial charge < -0.3 is 0 Å². The first kappa shape index (κ1) is 20.5. The average molecular weight is 441 g/mol. The van der Waals surface area contributed by atoms with E-state index in [1.54, 1.807) is 10.6 Å². The van der Waals surface area contributed by atoms with Gasteiger partial charge in [-0.1, -0.05) is 47.5 Å². The molecule has 0 bridgehead atoms. The van der Waals surface area contributed by atoms with Gasteiger partial charge in [-0.15, -0.1) is 0 Å². The van der Waals surface area contributed by atoms with Crippen LogP contribution in [0.15, 0.2) is 57.2 Å². The summed E-state index contributed by atoms with van der Waals surface area (Å²) in [5.41, 5.74) is 4.14. The minimum atomic E-state index is -0.578. The zero-order chi connectivity index (χ0) is 22.1. The van der Waals surface area contributed by atoms with Gasteiger partial charge in [0.1, 0.15) is 5.82 Å². The molecule has 0 saturated heterocycles. The van der Waals surface area contributed by atoms with Crippen molar-refractivity contribution in [3.8, 4) is 0 Å². The van der Waals surface area contributed by atoms with Gasteiger partial charge in [-0.25, -0.2) is 14.6 Å². The number of aromatic amines is 1. The number of aryl methyl sites for hydroxylation is 2. The molecule has 2 aromatic carbocycles. The molecule has 0 unspecified atom stereocenters. The van der Waals surface area contributed by atoms with Crippen molar-refractivity contribution in [1.29, 1.82) is 0 Å². The summed E-state index contributed by atoms with van der Waals surface area (Å²) in [6.07, 6.45) is 1.23. The number of benzene rings is 2. The van der Waals surface area contributed by atoms with Crippen LogP contribution in [0.4, 0.5) is 10.3 Å². The van der Waals surface area contributed by atoms with Gasteiger partial charge in [0.15, 0.2) is 11.2 Å². The zero-order valence-electron chi connectivity index (χ0n) is 16.7. The lowest BCUT2D eigenvalue weighted by molar-refractivity contribution is 0.626. The number of nitrogens with zero attached hydrogens (tertiary/aromatic N) is 4. The molecule has 158 valence electrons. The molecule has 0 amide bonds. The lowest BCUT2D eigenvalue weighted by Crippen LogP contribution is -2.29. The Kier molecular flexibility index (Phi) is 5.43. The van der Waals surface area contributed by atoms with Crippen LogP contribution in [0.25, 0.3) is 11.2 Å². The smallest absolute Gasteiger partial charge is 0.298 e. The van der Waals surface area contributed by atoms with Crippen LogP contribution in [0.2, 0.25) is 5.02 Å². The maximum absolute atomic E-state index is 14.0. The Morgan fingerprint density at radius 1 is 1.23 bits per heavy atom. The van der Waals surface area contributed by atoms with Crippen LogP contribution in [0.5, 0.6) is 0 Å². The van der Waals surface area contributed by atoms with E-state index in [4.69, 9.17) is 11.6 Å². The Balaban J connectivity index is 1.80.